The first-order chi connectivity index (χ1) is 11.3. The number of hydrogen-bond donors (Lipinski definition) is 3. The summed E-state index contributed by atoms with van der Waals surface area (Å²) in [6.07, 6.45) is 6.87. The third-order valence-electron chi connectivity index (χ3n) is 3.64. The molecule has 0 aromatic carbocycles. The highest BCUT2D eigenvalue weighted by Gasteiger charge is 2.15. The van der Waals surface area contributed by atoms with Gasteiger partial charge in [0.05, 0.1) is 11.4 Å². The molecule has 2 aromatic heterocycles. The number of carbonyl (C=O) groups excluding carboxylic acids is 1. The molecular weight excluding hydrogens is 304 g/mol. The van der Waals surface area contributed by atoms with E-state index in [0.29, 0.717) is 0 Å². The van der Waals surface area contributed by atoms with Crippen molar-refractivity contribution in [1.29, 1.82) is 0 Å². The van der Waals surface area contributed by atoms with E-state index in [1.807, 2.05) is 18.3 Å². The van der Waals surface area contributed by atoms with Crippen molar-refractivity contribution in [3.05, 3.63) is 41.4 Å². The van der Waals surface area contributed by atoms with Gasteiger partial charge in [0.1, 0.15) is 5.65 Å². The van der Waals surface area contributed by atoms with E-state index in [1.165, 1.54) is 11.8 Å². The number of nitrogens with one attached hydrogen (secondary N) is 2. The molecule has 0 atom stereocenters. The molecule has 2 aromatic rings. The average Bonchev–Trinajstić information content (AvgIpc) is 2.86. The Labute approximate surface area is 142 Å². The van der Waals surface area contributed by atoms with Crippen LogP contribution in [0.5, 0.6) is 0 Å². The van der Waals surface area contributed by atoms with Gasteiger partial charge >= 0.3 is 0 Å². The van der Waals surface area contributed by atoms with Crippen LogP contribution in [0.15, 0.2) is 24.4 Å². The maximum absolute atomic E-state index is 11.1. The second-order valence-corrected chi connectivity index (χ2v) is 6.86. The fourth-order valence-electron chi connectivity index (χ4n) is 2.45. The van der Waals surface area contributed by atoms with Gasteiger partial charge < -0.3 is 9.72 Å². The molecule has 2 rings (SSSR count). The fourth-order valence-corrected chi connectivity index (χ4v) is 2.45. The van der Waals surface area contributed by atoms with E-state index in [4.69, 9.17) is 10.2 Å². The van der Waals surface area contributed by atoms with Crippen LogP contribution in [-0.4, -0.2) is 26.0 Å². The highest BCUT2D eigenvalue weighted by Crippen LogP contribution is 2.17. The maximum Gasteiger partial charge on any atom is 0.267 e. The second-order valence-electron chi connectivity index (χ2n) is 6.86. The topological polar surface area (TPSA) is 78.7 Å². The number of hydrogen-bond acceptors (Lipinski definition) is 4. The van der Waals surface area contributed by atoms with Crippen LogP contribution in [0.3, 0.4) is 0 Å². The molecule has 0 radical (unpaired) electrons. The lowest BCUT2D eigenvalue weighted by atomic mass is 10.1. The molecule has 0 aliphatic carbocycles. The van der Waals surface area contributed by atoms with E-state index in [1.54, 1.807) is 11.6 Å². The Morgan fingerprint density at radius 3 is 2.79 bits per heavy atom. The van der Waals surface area contributed by atoms with Crippen molar-refractivity contribution in [1.82, 2.24) is 20.2 Å². The zero-order chi connectivity index (χ0) is 17.7. The fraction of sp³-hybridized carbons (Fsp3) is 0.444. The minimum absolute atomic E-state index is 0.0357. The van der Waals surface area contributed by atoms with Crippen molar-refractivity contribution in [3.8, 4) is 0 Å². The molecule has 6 nitrogen and oxygen atoms in total. The SMILES string of the molecule is CCCc1nc2cc(C=CC(=O)NO)ccn2c1CNC(C)(C)C. The molecule has 24 heavy (non-hydrogen) atoms. The Balaban J connectivity index is 2.36. The third kappa shape index (κ3) is 4.66. The first-order valence-corrected chi connectivity index (χ1v) is 8.21. The third-order valence-corrected chi connectivity index (χ3v) is 3.64. The van der Waals surface area contributed by atoms with Crippen LogP contribution in [0.2, 0.25) is 0 Å². The summed E-state index contributed by atoms with van der Waals surface area (Å²) in [7, 11) is 0. The molecule has 0 aliphatic rings. The first-order valence-electron chi connectivity index (χ1n) is 8.21. The van der Waals surface area contributed by atoms with Crippen molar-refractivity contribution in [2.75, 3.05) is 0 Å². The molecule has 0 saturated heterocycles. The van der Waals surface area contributed by atoms with Gasteiger partial charge in [-0.1, -0.05) is 13.3 Å². The minimum Gasteiger partial charge on any atom is -0.306 e. The molecule has 0 aliphatic heterocycles. The van der Waals surface area contributed by atoms with Crippen LogP contribution < -0.4 is 10.8 Å². The van der Waals surface area contributed by atoms with Crippen molar-refractivity contribution in [3.63, 3.8) is 0 Å². The van der Waals surface area contributed by atoms with Gasteiger partial charge in [0.2, 0.25) is 0 Å². The zero-order valence-electron chi connectivity index (χ0n) is 14.8. The summed E-state index contributed by atoms with van der Waals surface area (Å²) in [4.78, 5) is 15.8. The number of rotatable bonds is 6. The molecular formula is C18H26N4O2. The van der Waals surface area contributed by atoms with Crippen LogP contribution in [0.1, 0.15) is 51.1 Å². The van der Waals surface area contributed by atoms with Crippen molar-refractivity contribution in [2.45, 2.75) is 52.6 Å². The summed E-state index contributed by atoms with van der Waals surface area (Å²) in [5.74, 6) is -0.556. The van der Waals surface area contributed by atoms with Crippen molar-refractivity contribution >= 4 is 17.6 Å². The standard InChI is InChI=1S/C18H26N4O2/c1-5-6-14-15(12-19-18(2,3)4)22-10-9-13(11-16(22)20-14)7-8-17(23)21-24/h7-11,19,24H,5-6,12H2,1-4H3,(H,21,23). The second kappa shape index (κ2) is 7.59. The summed E-state index contributed by atoms with van der Waals surface area (Å²) in [6.45, 7) is 9.33. The predicted octanol–water partition coefficient (Wildman–Crippen LogP) is 2.69. The van der Waals surface area contributed by atoms with Crippen LogP contribution in [0, 0.1) is 0 Å². The maximum atomic E-state index is 11.1. The average molecular weight is 330 g/mol. The first kappa shape index (κ1) is 18.2. The summed E-state index contributed by atoms with van der Waals surface area (Å²) >= 11 is 0. The highest BCUT2D eigenvalue weighted by molar-refractivity contribution is 5.90. The number of pyridine rings is 1. The predicted molar refractivity (Wildman–Crippen MR) is 94.7 cm³/mol. The summed E-state index contributed by atoms with van der Waals surface area (Å²) < 4.78 is 2.09. The van der Waals surface area contributed by atoms with E-state index in [9.17, 15) is 4.79 Å². The van der Waals surface area contributed by atoms with E-state index in [2.05, 4.69) is 37.4 Å². The van der Waals surface area contributed by atoms with Gasteiger partial charge in [0.15, 0.2) is 0 Å². The minimum atomic E-state index is -0.556. The van der Waals surface area contributed by atoms with Crippen LogP contribution >= 0.6 is 0 Å². The van der Waals surface area contributed by atoms with Gasteiger partial charge in [-0.25, -0.2) is 10.5 Å². The lowest BCUT2D eigenvalue weighted by Gasteiger charge is -2.20. The van der Waals surface area contributed by atoms with Gasteiger partial charge in [-0.2, -0.15) is 0 Å². The molecule has 0 saturated carbocycles. The van der Waals surface area contributed by atoms with Gasteiger partial charge in [0.25, 0.3) is 5.91 Å². The zero-order valence-corrected chi connectivity index (χ0v) is 14.8. The molecule has 130 valence electrons. The quantitative estimate of drug-likeness (QED) is 0.432. The van der Waals surface area contributed by atoms with Crippen LogP contribution in [-0.2, 0) is 17.8 Å². The number of aromatic nitrogens is 2. The molecule has 0 spiro atoms. The monoisotopic (exact) mass is 330 g/mol. The lowest BCUT2D eigenvalue weighted by Crippen LogP contribution is -2.35. The number of amides is 1. The van der Waals surface area contributed by atoms with Gasteiger partial charge in [-0.3, -0.25) is 10.0 Å². The van der Waals surface area contributed by atoms with Crippen LogP contribution in [0.4, 0.5) is 0 Å². The van der Waals surface area contributed by atoms with Crippen molar-refractivity contribution in [2.24, 2.45) is 0 Å². The van der Waals surface area contributed by atoms with E-state index >= 15 is 0 Å². The highest BCUT2D eigenvalue weighted by atomic mass is 16.5. The van der Waals surface area contributed by atoms with Crippen LogP contribution in [0.25, 0.3) is 11.7 Å². The number of carbonyl (C=O) groups is 1. The Morgan fingerprint density at radius 2 is 2.17 bits per heavy atom. The number of nitrogens with zero attached hydrogens (tertiary/aromatic N) is 2. The molecule has 6 heteroatoms. The Bertz CT molecular complexity index is 741. The molecule has 0 unspecified atom stereocenters. The van der Waals surface area contributed by atoms with Gasteiger partial charge in [-0.05, 0) is 51.0 Å². The summed E-state index contributed by atoms with van der Waals surface area (Å²) in [5.41, 5.74) is 5.60. The summed E-state index contributed by atoms with van der Waals surface area (Å²) in [6, 6.07) is 3.85. The Kier molecular flexibility index (Phi) is 5.75. The molecule has 2 heterocycles. The number of fused-ring (bicyclic) bond motifs is 1. The summed E-state index contributed by atoms with van der Waals surface area (Å²) in [5, 5.41) is 12.1. The van der Waals surface area contributed by atoms with Gasteiger partial charge in [-0.15, -0.1) is 0 Å². The molecule has 1 amide bonds. The lowest BCUT2D eigenvalue weighted by molar-refractivity contribution is -0.124. The molecule has 0 fully saturated rings. The van der Waals surface area contributed by atoms with E-state index in [-0.39, 0.29) is 5.54 Å². The largest absolute Gasteiger partial charge is 0.306 e. The normalized spacial score (nSPS) is 12.2. The number of hydroxylamine groups is 1. The van der Waals surface area contributed by atoms with Crippen molar-refractivity contribution < 1.29 is 10.0 Å². The Hall–Kier alpha value is -2.18. The molecule has 0 bridgehead atoms. The van der Waals surface area contributed by atoms with E-state index < -0.39 is 5.91 Å². The smallest absolute Gasteiger partial charge is 0.267 e. The number of imidazole rings is 1. The Morgan fingerprint density at radius 1 is 1.42 bits per heavy atom. The van der Waals surface area contributed by atoms with Gasteiger partial charge in [0, 0.05) is 24.4 Å². The van der Waals surface area contributed by atoms with E-state index in [0.717, 1.165) is 36.3 Å². The number of aryl methyl sites for hydroxylation is 1. The molecule has 3 N–H and O–H groups in total.